The molecule has 1 aromatic rings. The van der Waals surface area contributed by atoms with E-state index in [-0.39, 0.29) is 0 Å². The summed E-state index contributed by atoms with van der Waals surface area (Å²) in [6, 6.07) is 3.65. The first-order valence-electron chi connectivity index (χ1n) is 2.91. The minimum atomic E-state index is 0.508. The second kappa shape index (κ2) is 4.18. The largest absolute Gasteiger partial charge is 0.422 e. The highest BCUT2D eigenvalue weighted by Crippen LogP contribution is 2.32. The lowest BCUT2D eigenvalue weighted by atomic mass is 10.4. The SMILES string of the molecule is Cn1c(C#N)cc(OI)c1OI. The molecule has 1 aromatic heterocycles. The number of halogens is 2. The van der Waals surface area contributed by atoms with Gasteiger partial charge in [0.25, 0.3) is 0 Å². The van der Waals surface area contributed by atoms with Crippen molar-refractivity contribution in [1.29, 1.82) is 5.26 Å². The Morgan fingerprint density at radius 1 is 1.50 bits per heavy atom. The van der Waals surface area contributed by atoms with Gasteiger partial charge in [-0.05, 0) is 0 Å². The molecule has 0 amide bonds. The third-order valence-electron chi connectivity index (χ3n) is 1.42. The summed E-state index contributed by atoms with van der Waals surface area (Å²) in [5.74, 6) is 1.10. The molecule has 0 spiro atoms. The molecule has 0 aromatic carbocycles. The van der Waals surface area contributed by atoms with Gasteiger partial charge in [-0.2, -0.15) is 5.26 Å². The van der Waals surface area contributed by atoms with Crippen molar-refractivity contribution in [1.82, 2.24) is 4.57 Å². The monoisotopic (exact) mass is 390 g/mol. The maximum Gasteiger partial charge on any atom is 0.249 e. The van der Waals surface area contributed by atoms with Gasteiger partial charge in [0.15, 0.2) is 51.8 Å². The van der Waals surface area contributed by atoms with Crippen LogP contribution in [-0.2, 0) is 7.05 Å². The lowest BCUT2D eigenvalue weighted by molar-refractivity contribution is 0.587. The molecule has 4 nitrogen and oxygen atoms in total. The molecule has 12 heavy (non-hydrogen) atoms. The van der Waals surface area contributed by atoms with E-state index in [9.17, 15) is 0 Å². The summed E-state index contributed by atoms with van der Waals surface area (Å²) < 4.78 is 11.6. The maximum atomic E-state index is 8.66. The molecule has 0 radical (unpaired) electrons. The first-order chi connectivity index (χ1) is 5.74. The van der Waals surface area contributed by atoms with Crippen LogP contribution in [0.25, 0.3) is 0 Å². The van der Waals surface area contributed by atoms with E-state index in [0.29, 0.717) is 17.3 Å². The number of rotatable bonds is 2. The topological polar surface area (TPSA) is 47.2 Å². The van der Waals surface area contributed by atoms with E-state index in [4.69, 9.17) is 11.4 Å². The van der Waals surface area contributed by atoms with Crippen LogP contribution in [0.2, 0.25) is 0 Å². The molecule has 0 bridgehead atoms. The molecule has 0 aliphatic heterocycles. The van der Waals surface area contributed by atoms with E-state index in [1.54, 1.807) is 63.7 Å². The first-order valence-corrected chi connectivity index (χ1v) is 4.67. The molecule has 64 valence electrons. The summed E-state index contributed by atoms with van der Waals surface area (Å²) in [5, 5.41) is 8.66. The number of aromatic nitrogens is 1. The Labute approximate surface area is 97.8 Å². The lowest BCUT2D eigenvalue weighted by Gasteiger charge is -2.00. The van der Waals surface area contributed by atoms with Gasteiger partial charge in [-0.25, -0.2) is 0 Å². The van der Waals surface area contributed by atoms with Crippen molar-refractivity contribution in [2.75, 3.05) is 0 Å². The van der Waals surface area contributed by atoms with Crippen molar-refractivity contribution in [3.63, 3.8) is 0 Å². The summed E-state index contributed by atoms with van der Waals surface area (Å²) in [7, 11) is 1.74. The van der Waals surface area contributed by atoms with E-state index in [0.717, 1.165) is 0 Å². The van der Waals surface area contributed by atoms with E-state index < -0.39 is 0 Å². The molecular formula is C6H4I2N2O2. The van der Waals surface area contributed by atoms with Gasteiger partial charge in [-0.1, -0.05) is 0 Å². The molecule has 6 heteroatoms. The Balaban J connectivity index is 3.25. The number of nitriles is 1. The van der Waals surface area contributed by atoms with Gasteiger partial charge in [0, 0.05) is 13.1 Å². The van der Waals surface area contributed by atoms with Gasteiger partial charge in [0.2, 0.25) is 5.88 Å². The summed E-state index contributed by atoms with van der Waals surface area (Å²) in [6.45, 7) is 0. The second-order valence-electron chi connectivity index (χ2n) is 2.02. The minimum Gasteiger partial charge on any atom is -0.422 e. The Bertz CT molecular complexity index is 329. The zero-order valence-corrected chi connectivity index (χ0v) is 10.4. The van der Waals surface area contributed by atoms with Crippen molar-refractivity contribution in [2.24, 2.45) is 7.05 Å². The molecule has 0 aliphatic rings. The van der Waals surface area contributed by atoms with Crippen LogP contribution in [-0.4, -0.2) is 4.57 Å². The van der Waals surface area contributed by atoms with Crippen molar-refractivity contribution >= 4 is 46.0 Å². The van der Waals surface area contributed by atoms with Crippen molar-refractivity contribution in [3.8, 4) is 17.7 Å². The Hall–Kier alpha value is -0.170. The van der Waals surface area contributed by atoms with Gasteiger partial charge >= 0.3 is 0 Å². The standard InChI is InChI=1S/C6H4I2N2O2/c1-10-4(3-9)2-5(11-7)6(10)12-8/h2H,1H3. The van der Waals surface area contributed by atoms with Crippen molar-refractivity contribution in [2.45, 2.75) is 0 Å². The number of nitrogens with zero attached hydrogens (tertiary/aromatic N) is 2. The van der Waals surface area contributed by atoms with E-state index in [2.05, 4.69) is 0 Å². The Morgan fingerprint density at radius 2 is 2.17 bits per heavy atom. The third kappa shape index (κ3) is 1.61. The Morgan fingerprint density at radius 3 is 2.50 bits per heavy atom. The third-order valence-corrected chi connectivity index (χ3v) is 2.31. The molecule has 0 unspecified atom stereocenters. The van der Waals surface area contributed by atoms with Crippen LogP contribution < -0.4 is 6.13 Å². The predicted octanol–water partition coefficient (Wildman–Crippen LogP) is 2.35. The summed E-state index contributed by atoms with van der Waals surface area (Å²) >= 11 is 3.49. The minimum absolute atomic E-state index is 0.508. The van der Waals surface area contributed by atoms with E-state index in [1.807, 2.05) is 6.07 Å². The van der Waals surface area contributed by atoms with Gasteiger partial charge in [-0.15, -0.1) is 0 Å². The van der Waals surface area contributed by atoms with Crippen LogP contribution in [0, 0.1) is 11.3 Å². The van der Waals surface area contributed by atoms with Gasteiger partial charge in [-0.3, -0.25) is 0 Å². The predicted molar refractivity (Wildman–Crippen MR) is 59.4 cm³/mol. The molecular weight excluding hydrogens is 386 g/mol. The van der Waals surface area contributed by atoms with Crippen LogP contribution in [0.15, 0.2) is 6.07 Å². The van der Waals surface area contributed by atoms with Gasteiger partial charge < -0.3 is 10.7 Å². The molecule has 0 saturated carbocycles. The fourth-order valence-electron chi connectivity index (χ4n) is 0.810. The highest BCUT2D eigenvalue weighted by Gasteiger charge is 2.14. The molecule has 0 saturated heterocycles. The summed E-state index contributed by atoms with van der Waals surface area (Å²) in [6.07, 6.45) is 0. The van der Waals surface area contributed by atoms with Gasteiger partial charge in [0.05, 0.1) is 0 Å². The van der Waals surface area contributed by atoms with E-state index in [1.165, 1.54) is 0 Å². The molecule has 1 rings (SSSR count). The lowest BCUT2D eigenvalue weighted by Crippen LogP contribution is -1.92. The van der Waals surface area contributed by atoms with Crippen LogP contribution in [0.5, 0.6) is 11.6 Å². The fraction of sp³-hybridized carbons (Fsp3) is 0.167. The smallest absolute Gasteiger partial charge is 0.249 e. The zero-order chi connectivity index (χ0) is 9.14. The Kier molecular flexibility index (Phi) is 3.45. The first kappa shape index (κ1) is 9.91. The average Bonchev–Trinajstić information content (AvgIpc) is 2.41. The summed E-state index contributed by atoms with van der Waals surface area (Å²) in [4.78, 5) is 0. The van der Waals surface area contributed by atoms with Crippen molar-refractivity contribution < 1.29 is 6.13 Å². The average molecular weight is 390 g/mol. The molecule has 0 atom stereocenters. The number of hydrogen-bond donors (Lipinski definition) is 0. The summed E-state index contributed by atoms with van der Waals surface area (Å²) in [5.41, 5.74) is 0.508. The number of hydrogen-bond acceptors (Lipinski definition) is 3. The molecule has 1 heterocycles. The van der Waals surface area contributed by atoms with Crippen LogP contribution >= 0.6 is 46.0 Å². The molecule has 0 fully saturated rings. The molecule has 0 aliphatic carbocycles. The maximum absolute atomic E-state index is 8.66. The highest BCUT2D eigenvalue weighted by atomic mass is 127. The highest BCUT2D eigenvalue weighted by molar-refractivity contribution is 14.1. The van der Waals surface area contributed by atoms with Crippen LogP contribution in [0.1, 0.15) is 5.69 Å². The quantitative estimate of drug-likeness (QED) is 0.729. The van der Waals surface area contributed by atoms with Gasteiger partial charge in [0.1, 0.15) is 11.8 Å². The van der Waals surface area contributed by atoms with Crippen molar-refractivity contribution in [3.05, 3.63) is 11.8 Å². The fourth-order valence-corrected chi connectivity index (χ4v) is 1.64. The van der Waals surface area contributed by atoms with Crippen LogP contribution in [0.3, 0.4) is 0 Å². The second-order valence-corrected chi connectivity index (χ2v) is 2.90. The normalized spacial score (nSPS) is 9.17. The van der Waals surface area contributed by atoms with E-state index >= 15 is 0 Å². The molecule has 0 N–H and O–H groups in total. The van der Waals surface area contributed by atoms with Crippen LogP contribution in [0.4, 0.5) is 0 Å². The zero-order valence-electron chi connectivity index (χ0n) is 6.04.